The zero-order chi connectivity index (χ0) is 37.6. The van der Waals surface area contributed by atoms with E-state index in [0.29, 0.717) is 32.9 Å². The van der Waals surface area contributed by atoms with Gasteiger partial charge in [-0.3, -0.25) is 39.0 Å². The topological polar surface area (TPSA) is 163 Å². The minimum Gasteiger partial charge on any atom is -0.457 e. The number of rotatable bonds is 8. The molecule has 3 aliphatic heterocycles. The molecule has 53 heavy (non-hydrogen) atoms. The Morgan fingerprint density at radius 2 is 1.68 bits per heavy atom. The monoisotopic (exact) mass is 781 g/mol. The van der Waals surface area contributed by atoms with Crippen molar-refractivity contribution in [3.63, 3.8) is 0 Å². The fourth-order valence-electron chi connectivity index (χ4n) is 7.11. The molecule has 272 valence electrons. The summed E-state index contributed by atoms with van der Waals surface area (Å²) >= 11 is 3.40. The molecule has 2 N–H and O–H groups in total. The molecule has 2 saturated heterocycles. The number of nitrogens with one attached hydrogen (secondary N) is 2. The standard InChI is InChI=1S/C38H36BrN7O7/c1-43-19-23(15-24(20-43)41-30-18-40-45(3)38(52)33(30)39)21-7-9-22(10-8-21)35(49)44(2)25-5-4-6-26(16-25)53-27-11-12-28-29(17-27)37(51)46(36(28)50)31-13-14-32(47)42-34(31)48/h4-12,16-18,23-24,31,41H,13-15,19-20H2,1-3H3,(H,42,47,48). The minimum absolute atomic E-state index is 0.0333. The number of piperidine rings is 2. The zero-order valence-electron chi connectivity index (χ0n) is 29.2. The molecule has 0 bridgehead atoms. The molecular formula is C38H36BrN7O7. The Morgan fingerprint density at radius 1 is 0.943 bits per heavy atom. The number of carbonyl (C=O) groups is 5. The lowest BCUT2D eigenvalue weighted by molar-refractivity contribution is -0.136. The molecule has 3 atom stereocenters. The average Bonchev–Trinajstić information content (AvgIpc) is 3.39. The van der Waals surface area contributed by atoms with E-state index in [1.807, 2.05) is 24.3 Å². The van der Waals surface area contributed by atoms with Crippen molar-refractivity contribution in [3.8, 4) is 11.5 Å². The van der Waals surface area contributed by atoms with Crippen LogP contribution in [0.3, 0.4) is 0 Å². The van der Waals surface area contributed by atoms with Crippen molar-refractivity contribution >= 4 is 56.8 Å². The first-order valence-electron chi connectivity index (χ1n) is 17.1. The number of aryl methyl sites for hydroxylation is 1. The first-order chi connectivity index (χ1) is 25.4. The van der Waals surface area contributed by atoms with Crippen LogP contribution >= 0.6 is 15.9 Å². The molecule has 1 aromatic heterocycles. The van der Waals surface area contributed by atoms with Crippen molar-refractivity contribution in [2.24, 2.45) is 7.05 Å². The van der Waals surface area contributed by atoms with Crippen LogP contribution in [0.2, 0.25) is 0 Å². The Morgan fingerprint density at radius 3 is 2.43 bits per heavy atom. The third-order valence-electron chi connectivity index (χ3n) is 9.86. The Bertz CT molecular complexity index is 2220. The highest BCUT2D eigenvalue weighted by Gasteiger charge is 2.44. The number of halogens is 1. The van der Waals surface area contributed by atoms with Crippen LogP contribution in [0.5, 0.6) is 11.5 Å². The number of hydrogen-bond donors (Lipinski definition) is 2. The van der Waals surface area contributed by atoms with Crippen LogP contribution in [0.1, 0.15) is 61.8 Å². The van der Waals surface area contributed by atoms with Gasteiger partial charge in [0.25, 0.3) is 23.3 Å². The predicted octanol–water partition coefficient (Wildman–Crippen LogP) is 3.91. The Balaban J connectivity index is 1.01. The summed E-state index contributed by atoms with van der Waals surface area (Å²) in [5.74, 6) is -1.67. The molecule has 5 amide bonds. The van der Waals surface area contributed by atoms with Gasteiger partial charge in [-0.2, -0.15) is 5.10 Å². The fraction of sp³-hybridized carbons (Fsp3) is 0.289. The van der Waals surface area contributed by atoms with Gasteiger partial charge >= 0.3 is 0 Å². The number of hydrogen-bond acceptors (Lipinski definition) is 10. The van der Waals surface area contributed by atoms with Gasteiger partial charge in [-0.15, -0.1) is 0 Å². The number of likely N-dealkylation sites (tertiary alicyclic amines) is 1. The van der Waals surface area contributed by atoms with Gasteiger partial charge < -0.3 is 19.9 Å². The summed E-state index contributed by atoms with van der Waals surface area (Å²) in [4.78, 5) is 80.9. The number of benzene rings is 3. The largest absolute Gasteiger partial charge is 0.457 e. The van der Waals surface area contributed by atoms with Crippen molar-refractivity contribution in [2.75, 3.05) is 37.4 Å². The first-order valence-corrected chi connectivity index (χ1v) is 17.9. The quantitative estimate of drug-likeness (QED) is 0.251. The first kappa shape index (κ1) is 35.7. The van der Waals surface area contributed by atoms with E-state index in [4.69, 9.17) is 4.74 Å². The average molecular weight is 783 g/mol. The van der Waals surface area contributed by atoms with E-state index in [0.717, 1.165) is 30.0 Å². The number of nitrogens with zero attached hydrogens (tertiary/aromatic N) is 5. The van der Waals surface area contributed by atoms with Crippen molar-refractivity contribution < 1.29 is 28.7 Å². The smallest absolute Gasteiger partial charge is 0.282 e. The molecule has 4 aromatic rings. The summed E-state index contributed by atoms with van der Waals surface area (Å²) in [6, 6.07) is 18.1. The third kappa shape index (κ3) is 7.09. The lowest BCUT2D eigenvalue weighted by atomic mass is 9.87. The van der Waals surface area contributed by atoms with Gasteiger partial charge in [0.15, 0.2) is 0 Å². The number of ether oxygens (including phenoxy) is 1. The van der Waals surface area contributed by atoms with E-state index in [9.17, 15) is 28.8 Å². The van der Waals surface area contributed by atoms with E-state index in [1.165, 1.54) is 21.7 Å². The zero-order valence-corrected chi connectivity index (χ0v) is 30.8. The molecule has 15 heteroatoms. The summed E-state index contributed by atoms with van der Waals surface area (Å²) in [6.07, 6.45) is 2.58. The van der Waals surface area contributed by atoms with Crippen LogP contribution in [0.25, 0.3) is 0 Å². The van der Waals surface area contributed by atoms with Gasteiger partial charge in [-0.1, -0.05) is 18.2 Å². The molecule has 0 spiro atoms. The number of anilines is 2. The highest BCUT2D eigenvalue weighted by Crippen LogP contribution is 2.34. The minimum atomic E-state index is -1.06. The lowest BCUT2D eigenvalue weighted by Gasteiger charge is -2.37. The number of amides is 5. The van der Waals surface area contributed by atoms with Crippen molar-refractivity contribution in [1.29, 1.82) is 0 Å². The predicted molar refractivity (Wildman–Crippen MR) is 198 cm³/mol. The molecule has 7 rings (SSSR count). The SMILES string of the molecule is CN1CC(Nc2cnn(C)c(=O)c2Br)CC(c2ccc(C(=O)N(C)c3cccc(Oc4ccc5c(c4)C(=O)N(C4CCC(=O)NC4=O)C5=O)c3)cc2)C1. The number of aromatic nitrogens is 2. The van der Waals surface area contributed by atoms with E-state index < -0.39 is 29.7 Å². The van der Waals surface area contributed by atoms with Crippen LogP contribution in [-0.2, 0) is 16.6 Å². The van der Waals surface area contributed by atoms with Gasteiger partial charge in [0.2, 0.25) is 11.8 Å². The van der Waals surface area contributed by atoms with E-state index in [-0.39, 0.29) is 47.4 Å². The van der Waals surface area contributed by atoms with Gasteiger partial charge in [-0.05, 0) is 89.8 Å². The third-order valence-corrected chi connectivity index (χ3v) is 10.6. The number of likely N-dealkylation sites (N-methyl/N-ethyl adjacent to an activating group) is 1. The molecule has 14 nitrogen and oxygen atoms in total. The second-order valence-electron chi connectivity index (χ2n) is 13.5. The highest BCUT2D eigenvalue weighted by atomic mass is 79.9. The maximum absolute atomic E-state index is 13.6. The summed E-state index contributed by atoms with van der Waals surface area (Å²) in [6.45, 7) is 1.65. The summed E-state index contributed by atoms with van der Waals surface area (Å²) in [5, 5.41) is 9.80. The summed E-state index contributed by atoms with van der Waals surface area (Å²) in [7, 11) is 5.34. The van der Waals surface area contributed by atoms with E-state index in [2.05, 4.69) is 43.6 Å². The molecule has 2 fully saturated rings. The van der Waals surface area contributed by atoms with Gasteiger partial charge in [0.05, 0.1) is 23.0 Å². The van der Waals surface area contributed by atoms with Gasteiger partial charge in [-0.25, -0.2) is 4.68 Å². The molecular weight excluding hydrogens is 746 g/mol. The Labute approximate surface area is 312 Å². The van der Waals surface area contributed by atoms with Gasteiger partial charge in [0, 0.05) is 57.0 Å². The van der Waals surface area contributed by atoms with E-state index in [1.54, 1.807) is 50.6 Å². The van der Waals surface area contributed by atoms with Crippen LogP contribution in [0, 0.1) is 0 Å². The van der Waals surface area contributed by atoms with E-state index >= 15 is 0 Å². The fourth-order valence-corrected chi connectivity index (χ4v) is 7.58. The second kappa shape index (κ2) is 14.4. The lowest BCUT2D eigenvalue weighted by Crippen LogP contribution is -2.54. The Hall–Kier alpha value is -5.67. The van der Waals surface area contributed by atoms with Crippen LogP contribution in [0.15, 0.2) is 82.2 Å². The highest BCUT2D eigenvalue weighted by molar-refractivity contribution is 9.10. The van der Waals surface area contributed by atoms with Crippen molar-refractivity contribution in [3.05, 3.63) is 110 Å². The molecule has 3 unspecified atom stereocenters. The van der Waals surface area contributed by atoms with Gasteiger partial charge in [0.1, 0.15) is 22.0 Å². The van der Waals surface area contributed by atoms with Crippen LogP contribution in [0.4, 0.5) is 11.4 Å². The van der Waals surface area contributed by atoms with Crippen LogP contribution < -0.4 is 25.8 Å². The Kier molecular flexibility index (Phi) is 9.70. The molecule has 4 heterocycles. The van der Waals surface area contributed by atoms with Crippen molar-refractivity contribution in [1.82, 2.24) is 24.9 Å². The van der Waals surface area contributed by atoms with Crippen LogP contribution in [-0.4, -0.2) is 88.4 Å². The molecule has 0 radical (unpaired) electrons. The maximum Gasteiger partial charge on any atom is 0.282 e. The molecule has 0 aliphatic carbocycles. The molecule has 3 aromatic carbocycles. The normalized spacial score (nSPS) is 20.2. The molecule has 3 aliphatic rings. The molecule has 0 saturated carbocycles. The number of carbonyl (C=O) groups excluding carboxylic acids is 5. The number of imide groups is 2. The second-order valence-corrected chi connectivity index (χ2v) is 14.3. The van der Waals surface area contributed by atoms with Crippen molar-refractivity contribution in [2.45, 2.75) is 37.3 Å². The maximum atomic E-state index is 13.6. The summed E-state index contributed by atoms with van der Waals surface area (Å²) in [5.41, 5.74) is 2.89. The summed E-state index contributed by atoms with van der Waals surface area (Å²) < 4.78 is 7.78. The number of fused-ring (bicyclic) bond motifs is 1.